The first kappa shape index (κ1) is 23.7. The van der Waals surface area contributed by atoms with Gasteiger partial charge in [-0.3, -0.25) is 9.59 Å². The highest BCUT2D eigenvalue weighted by Crippen LogP contribution is 2.22. The molecule has 3 rings (SSSR count). The zero-order chi connectivity index (χ0) is 23.3. The maximum absolute atomic E-state index is 13.2. The van der Waals surface area contributed by atoms with Crippen molar-refractivity contribution >= 4 is 46.6 Å². The van der Waals surface area contributed by atoms with Crippen LogP contribution in [-0.4, -0.2) is 32.3 Å². The first-order valence-electron chi connectivity index (χ1n) is 9.93. The van der Waals surface area contributed by atoms with Crippen molar-refractivity contribution in [1.29, 1.82) is 0 Å². The Morgan fingerprint density at radius 1 is 1.09 bits per heavy atom. The van der Waals surface area contributed by atoms with E-state index in [1.54, 1.807) is 4.57 Å². The molecule has 10 heteroatoms. The van der Waals surface area contributed by atoms with Crippen LogP contribution >= 0.6 is 23.4 Å². The molecule has 0 bridgehead atoms. The number of nitrogens with one attached hydrogen (secondary N) is 2. The number of aryl methyl sites for hydroxylation is 2. The van der Waals surface area contributed by atoms with E-state index < -0.39 is 5.82 Å². The second-order valence-electron chi connectivity index (χ2n) is 7.15. The fourth-order valence-electron chi connectivity index (χ4n) is 3.07. The standard InChI is InChI=1S/C22H23ClFN5O2S/c1-4-29-19(11-20(30)26-18-8-5-13(2)9-14(18)3)27-28-22(29)32-12-21(31)25-15-6-7-17(24)16(23)10-15/h5-10H,4,11-12H2,1-3H3,(H,25,31)(H,26,30). The molecule has 168 valence electrons. The Balaban J connectivity index is 1.59. The number of benzene rings is 2. The summed E-state index contributed by atoms with van der Waals surface area (Å²) in [7, 11) is 0. The van der Waals surface area contributed by atoms with Crippen LogP contribution in [0.25, 0.3) is 0 Å². The third-order valence-electron chi connectivity index (χ3n) is 4.62. The quantitative estimate of drug-likeness (QED) is 0.464. The molecule has 2 aromatic carbocycles. The van der Waals surface area contributed by atoms with E-state index in [2.05, 4.69) is 20.8 Å². The zero-order valence-electron chi connectivity index (χ0n) is 17.9. The summed E-state index contributed by atoms with van der Waals surface area (Å²) >= 11 is 6.94. The highest BCUT2D eigenvalue weighted by molar-refractivity contribution is 7.99. The molecule has 0 aliphatic carbocycles. The van der Waals surface area contributed by atoms with Gasteiger partial charge in [0.25, 0.3) is 0 Å². The Morgan fingerprint density at radius 2 is 1.88 bits per heavy atom. The number of halogens is 2. The molecule has 0 unspecified atom stereocenters. The number of rotatable bonds is 8. The molecule has 1 aromatic heterocycles. The summed E-state index contributed by atoms with van der Waals surface area (Å²) in [5, 5.41) is 14.3. The van der Waals surface area contributed by atoms with Gasteiger partial charge in [0, 0.05) is 17.9 Å². The average Bonchev–Trinajstić information content (AvgIpc) is 3.12. The van der Waals surface area contributed by atoms with Gasteiger partial charge in [0.2, 0.25) is 11.8 Å². The predicted molar refractivity (Wildman–Crippen MR) is 125 cm³/mol. The Bertz CT molecular complexity index is 1150. The monoisotopic (exact) mass is 475 g/mol. The van der Waals surface area contributed by atoms with Crippen molar-refractivity contribution in [3.05, 3.63) is 64.2 Å². The van der Waals surface area contributed by atoms with E-state index >= 15 is 0 Å². The van der Waals surface area contributed by atoms with E-state index in [4.69, 9.17) is 11.6 Å². The number of thioether (sulfide) groups is 1. The van der Waals surface area contributed by atoms with Crippen LogP contribution in [-0.2, 0) is 22.6 Å². The van der Waals surface area contributed by atoms with Crippen LogP contribution in [0.15, 0.2) is 41.6 Å². The molecule has 32 heavy (non-hydrogen) atoms. The lowest BCUT2D eigenvalue weighted by molar-refractivity contribution is -0.116. The van der Waals surface area contributed by atoms with Gasteiger partial charge in [-0.15, -0.1) is 10.2 Å². The molecule has 0 saturated heterocycles. The lowest BCUT2D eigenvalue weighted by Crippen LogP contribution is -2.18. The first-order chi connectivity index (χ1) is 15.3. The molecular formula is C22H23ClFN5O2S. The van der Waals surface area contributed by atoms with Gasteiger partial charge in [0.05, 0.1) is 17.2 Å². The number of aromatic nitrogens is 3. The molecule has 7 nitrogen and oxygen atoms in total. The summed E-state index contributed by atoms with van der Waals surface area (Å²) in [6.45, 7) is 6.41. The molecular weight excluding hydrogens is 453 g/mol. The van der Waals surface area contributed by atoms with Gasteiger partial charge < -0.3 is 15.2 Å². The van der Waals surface area contributed by atoms with Crippen LogP contribution in [0.3, 0.4) is 0 Å². The van der Waals surface area contributed by atoms with E-state index in [0.29, 0.717) is 23.2 Å². The number of hydrogen-bond donors (Lipinski definition) is 2. The molecule has 0 aliphatic rings. The molecule has 3 aromatic rings. The molecule has 0 fully saturated rings. The van der Waals surface area contributed by atoms with Crippen molar-refractivity contribution in [2.75, 3.05) is 16.4 Å². The van der Waals surface area contributed by atoms with Crippen molar-refractivity contribution in [2.24, 2.45) is 0 Å². The van der Waals surface area contributed by atoms with Gasteiger partial charge in [-0.25, -0.2) is 4.39 Å². The number of amides is 2. The minimum absolute atomic E-state index is 0.0645. The molecule has 1 heterocycles. The topological polar surface area (TPSA) is 88.9 Å². The van der Waals surface area contributed by atoms with E-state index in [0.717, 1.165) is 16.8 Å². The fourth-order valence-corrected chi connectivity index (χ4v) is 4.07. The van der Waals surface area contributed by atoms with Gasteiger partial charge in [-0.05, 0) is 50.6 Å². The molecule has 2 N–H and O–H groups in total. The van der Waals surface area contributed by atoms with Crippen LogP contribution < -0.4 is 10.6 Å². The zero-order valence-corrected chi connectivity index (χ0v) is 19.5. The summed E-state index contributed by atoms with van der Waals surface area (Å²) in [6.07, 6.45) is 0.0645. The molecule has 0 aliphatic heterocycles. The van der Waals surface area contributed by atoms with Crippen molar-refractivity contribution < 1.29 is 14.0 Å². The first-order valence-corrected chi connectivity index (χ1v) is 11.3. The Hall–Kier alpha value is -2.91. The van der Waals surface area contributed by atoms with Crippen LogP contribution in [0, 0.1) is 19.7 Å². The van der Waals surface area contributed by atoms with Crippen LogP contribution in [0.5, 0.6) is 0 Å². The predicted octanol–water partition coefficient (Wildman–Crippen LogP) is 4.62. The Kier molecular flexibility index (Phi) is 7.87. The van der Waals surface area contributed by atoms with Crippen molar-refractivity contribution in [1.82, 2.24) is 14.8 Å². The Morgan fingerprint density at radius 3 is 2.56 bits per heavy atom. The number of anilines is 2. The maximum atomic E-state index is 13.2. The number of nitrogens with zero attached hydrogens (tertiary/aromatic N) is 3. The largest absolute Gasteiger partial charge is 0.325 e. The number of carbonyl (C=O) groups is 2. The van der Waals surface area contributed by atoms with Crippen LogP contribution in [0.1, 0.15) is 23.9 Å². The average molecular weight is 476 g/mol. The molecule has 0 radical (unpaired) electrons. The summed E-state index contributed by atoms with van der Waals surface area (Å²) in [5.41, 5.74) is 3.28. The number of hydrogen-bond acceptors (Lipinski definition) is 5. The summed E-state index contributed by atoms with van der Waals surface area (Å²) in [4.78, 5) is 24.8. The van der Waals surface area contributed by atoms with Gasteiger partial charge in [-0.1, -0.05) is 41.1 Å². The lowest BCUT2D eigenvalue weighted by Gasteiger charge is -2.10. The van der Waals surface area contributed by atoms with Gasteiger partial charge in [-0.2, -0.15) is 0 Å². The third kappa shape index (κ3) is 6.08. The van der Waals surface area contributed by atoms with Crippen LogP contribution in [0.2, 0.25) is 5.02 Å². The van der Waals surface area contributed by atoms with Crippen molar-refractivity contribution in [3.8, 4) is 0 Å². The fraction of sp³-hybridized carbons (Fsp3) is 0.273. The lowest BCUT2D eigenvalue weighted by atomic mass is 10.1. The maximum Gasteiger partial charge on any atom is 0.234 e. The SMILES string of the molecule is CCn1c(CC(=O)Nc2ccc(C)cc2C)nnc1SCC(=O)Nc1ccc(F)c(Cl)c1. The molecule has 0 saturated carbocycles. The van der Waals surface area contributed by atoms with Gasteiger partial charge in [0.1, 0.15) is 11.6 Å². The van der Waals surface area contributed by atoms with E-state index in [1.807, 2.05) is 39.0 Å². The second kappa shape index (κ2) is 10.6. The summed E-state index contributed by atoms with van der Waals surface area (Å²) in [6, 6.07) is 9.79. The van der Waals surface area contributed by atoms with E-state index in [9.17, 15) is 14.0 Å². The normalized spacial score (nSPS) is 10.8. The smallest absolute Gasteiger partial charge is 0.234 e. The number of carbonyl (C=O) groups excluding carboxylic acids is 2. The van der Waals surface area contributed by atoms with Gasteiger partial charge >= 0.3 is 0 Å². The van der Waals surface area contributed by atoms with E-state index in [-0.39, 0.29) is 29.0 Å². The minimum Gasteiger partial charge on any atom is -0.325 e. The highest BCUT2D eigenvalue weighted by atomic mass is 35.5. The molecule has 0 spiro atoms. The van der Waals surface area contributed by atoms with Gasteiger partial charge in [0.15, 0.2) is 5.16 Å². The summed E-state index contributed by atoms with van der Waals surface area (Å²) < 4.78 is 15.0. The highest BCUT2D eigenvalue weighted by Gasteiger charge is 2.16. The van der Waals surface area contributed by atoms with Crippen molar-refractivity contribution in [2.45, 2.75) is 38.9 Å². The van der Waals surface area contributed by atoms with E-state index in [1.165, 1.54) is 30.0 Å². The third-order valence-corrected chi connectivity index (χ3v) is 5.88. The molecule has 0 atom stereocenters. The summed E-state index contributed by atoms with van der Waals surface area (Å²) in [5.74, 6) is -0.451. The minimum atomic E-state index is -0.552. The van der Waals surface area contributed by atoms with Crippen molar-refractivity contribution in [3.63, 3.8) is 0 Å². The Labute approximate surface area is 194 Å². The molecule has 2 amide bonds. The van der Waals surface area contributed by atoms with Crippen LogP contribution in [0.4, 0.5) is 15.8 Å². The second-order valence-corrected chi connectivity index (χ2v) is 8.50.